The van der Waals surface area contributed by atoms with Crippen molar-refractivity contribution < 1.29 is 22.7 Å². The molecule has 3 aromatic rings. The summed E-state index contributed by atoms with van der Waals surface area (Å²) in [5.74, 6) is -0.184. The lowest BCUT2D eigenvalue weighted by atomic mass is 10.1. The number of hydrogen-bond acceptors (Lipinski definition) is 4. The fraction of sp³-hybridized carbons (Fsp3) is 0.111. The monoisotopic (exact) mass is 379 g/mol. The van der Waals surface area contributed by atoms with Crippen LogP contribution < -0.4 is 9.61 Å². The number of fused-ring (bicyclic) bond motifs is 1. The molecule has 0 fully saturated rings. The van der Waals surface area contributed by atoms with Crippen LogP contribution in [-0.2, 0) is 6.18 Å². The van der Waals surface area contributed by atoms with Crippen LogP contribution in [0.5, 0.6) is 5.75 Å². The summed E-state index contributed by atoms with van der Waals surface area (Å²) < 4.78 is 45.6. The van der Waals surface area contributed by atoms with Gasteiger partial charge in [-0.1, -0.05) is 29.5 Å². The molecule has 0 N–H and O–H groups in total. The normalized spacial score (nSPS) is 12.0. The Kier molecular flexibility index (Phi) is 4.69. The molecule has 0 radical (unpaired) electrons. The van der Waals surface area contributed by atoms with Crippen LogP contribution in [0.1, 0.15) is 15.9 Å². The van der Waals surface area contributed by atoms with Gasteiger partial charge >= 0.3 is 11.0 Å². The molecule has 0 saturated heterocycles. The molecule has 3 rings (SSSR count). The van der Waals surface area contributed by atoms with E-state index in [0.29, 0.717) is 16.0 Å². The summed E-state index contributed by atoms with van der Waals surface area (Å²) in [6, 6.07) is 9.68. The molecule has 0 aliphatic rings. The first-order chi connectivity index (χ1) is 12.3. The highest BCUT2D eigenvalue weighted by molar-refractivity contribution is 7.16. The van der Waals surface area contributed by atoms with Crippen LogP contribution in [0.3, 0.4) is 0 Å². The van der Waals surface area contributed by atoms with Crippen molar-refractivity contribution in [1.29, 1.82) is 0 Å². The number of ether oxygens (including phenoxy) is 1. The van der Waals surface area contributed by atoms with E-state index in [9.17, 15) is 22.8 Å². The summed E-state index contributed by atoms with van der Waals surface area (Å²) in [4.78, 5) is 24.0. The molecule has 0 saturated carbocycles. The summed E-state index contributed by atoms with van der Waals surface area (Å²) in [6.45, 7) is 0. The molecule has 26 heavy (non-hydrogen) atoms. The Bertz CT molecular complexity index is 1060. The standard InChI is InChI=1S/C18H12F3NO3S/c1-25-12-7-8-14-15(10-12)26-17(24)22(14)16(23)9-6-11-4-2-3-5-13(11)18(19,20)21/h2-10H,1H3/b9-6+. The van der Waals surface area contributed by atoms with Gasteiger partial charge in [-0.05, 0) is 35.9 Å². The van der Waals surface area contributed by atoms with E-state index >= 15 is 0 Å². The molecule has 8 heteroatoms. The number of carbonyl (C=O) groups excluding carboxylic acids is 1. The first-order valence-electron chi connectivity index (χ1n) is 7.39. The van der Waals surface area contributed by atoms with Crippen molar-refractivity contribution in [2.24, 2.45) is 0 Å². The number of nitrogens with zero attached hydrogens (tertiary/aromatic N) is 1. The van der Waals surface area contributed by atoms with E-state index in [-0.39, 0.29) is 5.56 Å². The molecule has 0 spiro atoms. The van der Waals surface area contributed by atoms with Gasteiger partial charge in [0.2, 0.25) is 0 Å². The van der Waals surface area contributed by atoms with Crippen LogP contribution in [0.4, 0.5) is 13.2 Å². The molecule has 1 heterocycles. The number of methoxy groups -OCH3 is 1. The highest BCUT2D eigenvalue weighted by atomic mass is 32.1. The van der Waals surface area contributed by atoms with Gasteiger partial charge in [0.15, 0.2) is 0 Å². The molecular formula is C18H12F3NO3S. The topological polar surface area (TPSA) is 48.3 Å². The zero-order valence-electron chi connectivity index (χ0n) is 13.4. The van der Waals surface area contributed by atoms with Crippen molar-refractivity contribution in [2.75, 3.05) is 7.11 Å². The van der Waals surface area contributed by atoms with Crippen molar-refractivity contribution >= 4 is 33.5 Å². The van der Waals surface area contributed by atoms with Crippen molar-refractivity contribution in [3.8, 4) is 5.75 Å². The predicted molar refractivity (Wildman–Crippen MR) is 93.7 cm³/mol. The van der Waals surface area contributed by atoms with E-state index in [1.165, 1.54) is 25.3 Å². The van der Waals surface area contributed by atoms with Crippen LogP contribution in [0, 0.1) is 0 Å². The third-order valence-corrected chi connectivity index (χ3v) is 4.58. The van der Waals surface area contributed by atoms with Gasteiger partial charge in [-0.25, -0.2) is 4.57 Å². The zero-order chi connectivity index (χ0) is 18.9. The number of alkyl halides is 3. The Balaban J connectivity index is 2.00. The number of halogens is 3. The van der Waals surface area contributed by atoms with Gasteiger partial charge in [-0.3, -0.25) is 9.59 Å². The average Bonchev–Trinajstić information content (AvgIpc) is 2.93. The van der Waals surface area contributed by atoms with E-state index < -0.39 is 22.5 Å². The number of thiazole rings is 1. The fourth-order valence-electron chi connectivity index (χ4n) is 2.47. The summed E-state index contributed by atoms with van der Waals surface area (Å²) in [6.07, 6.45) is -2.51. The van der Waals surface area contributed by atoms with Gasteiger partial charge in [0, 0.05) is 6.08 Å². The molecular weight excluding hydrogens is 367 g/mol. The molecule has 0 aliphatic heterocycles. The van der Waals surface area contributed by atoms with Crippen LogP contribution >= 0.6 is 11.3 Å². The molecule has 4 nitrogen and oxygen atoms in total. The number of hydrogen-bond donors (Lipinski definition) is 0. The summed E-state index contributed by atoms with van der Waals surface area (Å²) in [5, 5.41) is 0. The van der Waals surface area contributed by atoms with Gasteiger partial charge in [0.1, 0.15) is 5.75 Å². The van der Waals surface area contributed by atoms with Gasteiger partial charge in [-0.2, -0.15) is 13.2 Å². The molecule has 1 aromatic heterocycles. The first-order valence-corrected chi connectivity index (χ1v) is 8.21. The Labute approximate surface area is 149 Å². The van der Waals surface area contributed by atoms with Crippen molar-refractivity contribution in [3.05, 3.63) is 69.3 Å². The largest absolute Gasteiger partial charge is 0.497 e. The van der Waals surface area contributed by atoms with Crippen LogP contribution in [-0.4, -0.2) is 17.6 Å². The van der Waals surface area contributed by atoms with Gasteiger partial charge in [0.25, 0.3) is 5.91 Å². The highest BCUT2D eigenvalue weighted by Crippen LogP contribution is 2.32. The average molecular weight is 379 g/mol. The fourth-order valence-corrected chi connectivity index (χ4v) is 3.38. The van der Waals surface area contributed by atoms with Crippen LogP contribution in [0.15, 0.2) is 53.3 Å². The summed E-state index contributed by atoms with van der Waals surface area (Å²) >= 11 is 0.858. The van der Waals surface area contributed by atoms with Crippen LogP contribution in [0.2, 0.25) is 0 Å². The summed E-state index contributed by atoms with van der Waals surface area (Å²) in [5.41, 5.74) is -0.626. The Morgan fingerprint density at radius 2 is 1.92 bits per heavy atom. The second-order valence-corrected chi connectivity index (χ2v) is 6.29. The van der Waals surface area contributed by atoms with E-state index in [0.717, 1.165) is 34.1 Å². The zero-order valence-corrected chi connectivity index (χ0v) is 14.2. The molecule has 2 aromatic carbocycles. The molecule has 0 unspecified atom stereocenters. The van der Waals surface area contributed by atoms with E-state index in [1.54, 1.807) is 18.2 Å². The van der Waals surface area contributed by atoms with E-state index in [1.807, 2.05) is 0 Å². The van der Waals surface area contributed by atoms with Gasteiger partial charge in [0.05, 0.1) is 22.9 Å². The van der Waals surface area contributed by atoms with E-state index in [4.69, 9.17) is 4.74 Å². The Morgan fingerprint density at radius 1 is 1.19 bits per heavy atom. The third-order valence-electron chi connectivity index (χ3n) is 3.68. The van der Waals surface area contributed by atoms with E-state index in [2.05, 4.69) is 0 Å². The van der Waals surface area contributed by atoms with Gasteiger partial charge < -0.3 is 4.74 Å². The Morgan fingerprint density at radius 3 is 2.62 bits per heavy atom. The maximum absolute atomic E-state index is 13.0. The second kappa shape index (κ2) is 6.80. The molecule has 0 bridgehead atoms. The highest BCUT2D eigenvalue weighted by Gasteiger charge is 2.32. The molecule has 134 valence electrons. The number of aromatic nitrogens is 1. The first kappa shape index (κ1) is 17.9. The van der Waals surface area contributed by atoms with Crippen LogP contribution in [0.25, 0.3) is 16.3 Å². The minimum atomic E-state index is -4.54. The molecule has 0 atom stereocenters. The number of carbonyl (C=O) groups is 1. The SMILES string of the molecule is COc1ccc2c(c1)sc(=O)n2C(=O)/C=C/c1ccccc1C(F)(F)F. The quantitative estimate of drug-likeness (QED) is 0.632. The lowest BCUT2D eigenvalue weighted by Crippen LogP contribution is -2.19. The smallest absolute Gasteiger partial charge is 0.416 e. The van der Waals surface area contributed by atoms with Crippen molar-refractivity contribution in [3.63, 3.8) is 0 Å². The minimum Gasteiger partial charge on any atom is -0.497 e. The number of rotatable bonds is 3. The predicted octanol–water partition coefficient (Wildman–Crippen LogP) is 4.44. The maximum atomic E-state index is 13.0. The molecule has 0 aliphatic carbocycles. The van der Waals surface area contributed by atoms with Crippen molar-refractivity contribution in [2.45, 2.75) is 6.18 Å². The number of benzene rings is 2. The molecule has 0 amide bonds. The lowest BCUT2D eigenvalue weighted by Gasteiger charge is -2.09. The maximum Gasteiger partial charge on any atom is 0.416 e. The second-order valence-electron chi connectivity index (χ2n) is 5.29. The summed E-state index contributed by atoms with van der Waals surface area (Å²) in [7, 11) is 1.48. The minimum absolute atomic E-state index is 0.150. The Hall–Kier alpha value is -2.87. The number of allylic oxidation sites excluding steroid dienone is 1. The lowest BCUT2D eigenvalue weighted by molar-refractivity contribution is -0.137. The third kappa shape index (κ3) is 3.41. The van der Waals surface area contributed by atoms with Crippen molar-refractivity contribution in [1.82, 2.24) is 4.57 Å². The van der Waals surface area contributed by atoms with Gasteiger partial charge in [-0.15, -0.1) is 0 Å².